The number of thioether (sulfide) groups is 1. The molecule has 0 radical (unpaired) electrons. The molecule has 0 spiro atoms. The molecule has 4 nitrogen and oxygen atoms in total. The Balaban J connectivity index is 2.25. The topological polar surface area (TPSA) is 71.9 Å². The molecule has 0 aliphatic rings. The van der Waals surface area contributed by atoms with Crippen molar-refractivity contribution in [3.63, 3.8) is 0 Å². The van der Waals surface area contributed by atoms with Gasteiger partial charge in [-0.05, 0) is 41.6 Å². The molecule has 0 atom stereocenters. The highest BCUT2D eigenvalue weighted by atomic mass is 32.2. The summed E-state index contributed by atoms with van der Waals surface area (Å²) in [6, 6.07) is 13.9. The predicted molar refractivity (Wildman–Crippen MR) is 100 cm³/mol. The summed E-state index contributed by atoms with van der Waals surface area (Å²) in [6.07, 6.45) is 3.67. The molecule has 0 saturated heterocycles. The van der Waals surface area contributed by atoms with E-state index in [4.69, 9.17) is 10.5 Å². The molecule has 24 heavy (non-hydrogen) atoms. The first kappa shape index (κ1) is 16.4. The van der Waals surface area contributed by atoms with Crippen molar-refractivity contribution in [3.8, 4) is 33.4 Å². The molecule has 1 aromatic carbocycles. The molecule has 2 aromatic heterocycles. The summed E-state index contributed by atoms with van der Waals surface area (Å²) in [7, 11) is 1.64. The number of nitrogens with two attached hydrogens (primary N) is 1. The summed E-state index contributed by atoms with van der Waals surface area (Å²) in [4.78, 5) is 5.08. The minimum Gasteiger partial charge on any atom is -0.497 e. The van der Waals surface area contributed by atoms with Crippen molar-refractivity contribution in [2.45, 2.75) is 4.21 Å². The van der Waals surface area contributed by atoms with Crippen LogP contribution in [0.2, 0.25) is 0 Å². The number of pyridine rings is 1. The number of anilines is 1. The lowest BCUT2D eigenvalue weighted by Crippen LogP contribution is -1.90. The Morgan fingerprint density at radius 3 is 2.54 bits per heavy atom. The van der Waals surface area contributed by atoms with Gasteiger partial charge in [0.1, 0.15) is 17.6 Å². The number of nitrogens with zero attached hydrogens (tertiary/aromatic N) is 2. The first-order chi connectivity index (χ1) is 11.7. The fourth-order valence-corrected chi connectivity index (χ4v) is 4.42. The van der Waals surface area contributed by atoms with Gasteiger partial charge in [-0.1, -0.05) is 12.1 Å². The van der Waals surface area contributed by atoms with Crippen LogP contribution < -0.4 is 10.5 Å². The van der Waals surface area contributed by atoms with Crippen LogP contribution in [0.15, 0.2) is 46.8 Å². The van der Waals surface area contributed by atoms with Crippen LogP contribution in [0.3, 0.4) is 0 Å². The van der Waals surface area contributed by atoms with Crippen molar-refractivity contribution in [1.82, 2.24) is 4.98 Å². The van der Waals surface area contributed by atoms with Gasteiger partial charge in [-0.15, -0.1) is 23.1 Å². The van der Waals surface area contributed by atoms with Gasteiger partial charge in [-0.25, -0.2) is 4.98 Å². The molecule has 0 unspecified atom stereocenters. The average molecular weight is 353 g/mol. The SMILES string of the molecule is COc1ccc(-c2c(-c3ccnc(N)c3)sc(SC)c2C#N)cc1. The molecule has 3 aromatic rings. The second kappa shape index (κ2) is 6.95. The van der Waals surface area contributed by atoms with E-state index in [0.717, 1.165) is 31.5 Å². The second-order valence-corrected chi connectivity index (χ2v) is 7.08. The molecule has 0 aliphatic heterocycles. The number of methoxy groups -OCH3 is 1. The third-order valence-corrected chi connectivity index (χ3v) is 5.95. The van der Waals surface area contributed by atoms with E-state index in [-0.39, 0.29) is 0 Å². The van der Waals surface area contributed by atoms with Crippen molar-refractivity contribution in [2.24, 2.45) is 0 Å². The fourth-order valence-electron chi connectivity index (χ4n) is 2.48. The van der Waals surface area contributed by atoms with Gasteiger partial charge >= 0.3 is 0 Å². The van der Waals surface area contributed by atoms with Gasteiger partial charge < -0.3 is 10.5 Å². The smallest absolute Gasteiger partial charge is 0.123 e. The maximum absolute atomic E-state index is 9.69. The third-order valence-electron chi connectivity index (χ3n) is 3.60. The standard InChI is InChI=1S/C18H15N3OS2/c1-22-13-5-3-11(4-6-13)16-14(10-19)18(23-2)24-17(16)12-7-8-21-15(20)9-12/h3-9H,1-2H3,(H2,20,21). The number of rotatable bonds is 4. The Labute approximate surface area is 148 Å². The van der Waals surface area contributed by atoms with Crippen molar-refractivity contribution >= 4 is 28.9 Å². The minimum absolute atomic E-state index is 0.464. The number of thiophene rings is 1. The van der Waals surface area contributed by atoms with Gasteiger partial charge in [-0.3, -0.25) is 0 Å². The molecule has 0 amide bonds. The largest absolute Gasteiger partial charge is 0.497 e. The van der Waals surface area contributed by atoms with E-state index in [1.54, 1.807) is 36.4 Å². The fraction of sp³-hybridized carbons (Fsp3) is 0.111. The van der Waals surface area contributed by atoms with Crippen LogP contribution in [0.4, 0.5) is 5.82 Å². The average Bonchev–Trinajstić information content (AvgIpc) is 3.00. The summed E-state index contributed by atoms with van der Waals surface area (Å²) >= 11 is 3.18. The molecule has 0 fully saturated rings. The zero-order valence-corrected chi connectivity index (χ0v) is 14.9. The first-order valence-electron chi connectivity index (χ1n) is 7.15. The van der Waals surface area contributed by atoms with E-state index in [9.17, 15) is 5.26 Å². The molecule has 0 bridgehead atoms. The number of hydrogen-bond acceptors (Lipinski definition) is 6. The van der Waals surface area contributed by atoms with Crippen molar-refractivity contribution in [2.75, 3.05) is 19.1 Å². The van der Waals surface area contributed by atoms with E-state index < -0.39 is 0 Å². The van der Waals surface area contributed by atoms with Crippen molar-refractivity contribution in [1.29, 1.82) is 5.26 Å². The Bertz CT molecular complexity index is 911. The van der Waals surface area contributed by atoms with Gasteiger partial charge in [0.25, 0.3) is 0 Å². The normalized spacial score (nSPS) is 10.4. The number of nitriles is 1. The Morgan fingerprint density at radius 1 is 1.21 bits per heavy atom. The van der Waals surface area contributed by atoms with Crippen LogP contribution in [0, 0.1) is 11.3 Å². The van der Waals surface area contributed by atoms with E-state index in [1.165, 1.54) is 0 Å². The van der Waals surface area contributed by atoms with Gasteiger partial charge in [0.05, 0.1) is 16.9 Å². The summed E-state index contributed by atoms with van der Waals surface area (Å²) < 4.78 is 6.22. The highest BCUT2D eigenvalue weighted by molar-refractivity contribution is 8.00. The third kappa shape index (κ3) is 2.96. The molecular formula is C18H15N3OS2. The summed E-state index contributed by atoms with van der Waals surface area (Å²) in [5.41, 5.74) is 9.42. The monoisotopic (exact) mass is 353 g/mol. The second-order valence-electron chi connectivity index (χ2n) is 4.98. The van der Waals surface area contributed by atoms with Gasteiger partial charge in [0.2, 0.25) is 0 Å². The minimum atomic E-state index is 0.464. The van der Waals surface area contributed by atoms with Crippen LogP contribution in [-0.4, -0.2) is 18.3 Å². The molecule has 3 rings (SSSR count). The number of benzene rings is 1. The zero-order valence-electron chi connectivity index (χ0n) is 13.2. The van der Waals surface area contributed by atoms with Crippen molar-refractivity contribution in [3.05, 3.63) is 48.2 Å². The maximum atomic E-state index is 9.69. The van der Waals surface area contributed by atoms with Gasteiger partial charge in [0, 0.05) is 16.6 Å². The first-order valence-corrected chi connectivity index (χ1v) is 9.19. The summed E-state index contributed by atoms with van der Waals surface area (Å²) in [5, 5.41) is 9.69. The van der Waals surface area contributed by atoms with Crippen molar-refractivity contribution < 1.29 is 4.74 Å². The molecule has 120 valence electrons. The Hall–Kier alpha value is -2.49. The van der Waals surface area contributed by atoms with Crippen LogP contribution >= 0.6 is 23.1 Å². The van der Waals surface area contributed by atoms with Gasteiger partial charge in [0.15, 0.2) is 0 Å². The molecular weight excluding hydrogens is 338 g/mol. The quantitative estimate of drug-likeness (QED) is 0.691. The zero-order chi connectivity index (χ0) is 17.1. The highest BCUT2D eigenvalue weighted by Gasteiger charge is 2.20. The molecule has 2 heterocycles. The number of aromatic nitrogens is 1. The van der Waals surface area contributed by atoms with E-state index in [1.807, 2.05) is 42.7 Å². The van der Waals surface area contributed by atoms with Crippen LogP contribution in [-0.2, 0) is 0 Å². The lowest BCUT2D eigenvalue weighted by molar-refractivity contribution is 0.415. The van der Waals surface area contributed by atoms with E-state index in [2.05, 4.69) is 11.1 Å². The molecule has 6 heteroatoms. The predicted octanol–water partition coefficient (Wildman–Crippen LogP) is 4.66. The number of nitrogen functional groups attached to an aromatic ring is 1. The van der Waals surface area contributed by atoms with Crippen LogP contribution in [0.25, 0.3) is 21.6 Å². The number of hydrogen-bond donors (Lipinski definition) is 1. The molecule has 0 saturated carbocycles. The number of ether oxygens (including phenoxy) is 1. The Kier molecular flexibility index (Phi) is 4.74. The highest BCUT2D eigenvalue weighted by Crippen LogP contribution is 2.46. The van der Waals surface area contributed by atoms with Gasteiger partial charge in [-0.2, -0.15) is 5.26 Å². The summed E-state index contributed by atoms with van der Waals surface area (Å²) in [6.45, 7) is 0. The lowest BCUT2D eigenvalue weighted by atomic mass is 9.99. The lowest BCUT2D eigenvalue weighted by Gasteiger charge is -2.07. The molecule has 2 N–H and O–H groups in total. The van der Waals surface area contributed by atoms with E-state index >= 15 is 0 Å². The maximum Gasteiger partial charge on any atom is 0.123 e. The Morgan fingerprint density at radius 2 is 1.96 bits per heavy atom. The van der Waals surface area contributed by atoms with Crippen LogP contribution in [0.5, 0.6) is 5.75 Å². The molecule has 0 aliphatic carbocycles. The summed E-state index contributed by atoms with van der Waals surface area (Å²) in [5.74, 6) is 1.25. The van der Waals surface area contributed by atoms with Crippen LogP contribution in [0.1, 0.15) is 5.56 Å². The van der Waals surface area contributed by atoms with E-state index in [0.29, 0.717) is 11.4 Å².